The van der Waals surface area contributed by atoms with Crippen molar-refractivity contribution in [2.45, 2.75) is 36.9 Å². The molecule has 0 spiro atoms. The van der Waals surface area contributed by atoms with Gasteiger partial charge >= 0.3 is 0 Å². The summed E-state index contributed by atoms with van der Waals surface area (Å²) in [6, 6.07) is 11.6. The summed E-state index contributed by atoms with van der Waals surface area (Å²) in [6.45, 7) is 1.37. The Balaban J connectivity index is 1.71. The van der Waals surface area contributed by atoms with E-state index in [4.69, 9.17) is 26.2 Å². The van der Waals surface area contributed by atoms with E-state index in [-0.39, 0.29) is 29.9 Å². The number of nitrogens with two attached hydrogens (primary N) is 1. The van der Waals surface area contributed by atoms with Crippen molar-refractivity contribution in [3.63, 3.8) is 0 Å². The van der Waals surface area contributed by atoms with Gasteiger partial charge in [0.2, 0.25) is 15.9 Å². The topological polar surface area (TPSA) is 108 Å². The predicted molar refractivity (Wildman–Crippen MR) is 110 cm³/mol. The number of benzene rings is 2. The third kappa shape index (κ3) is 6.25. The number of ether oxygens (including phenoxy) is 2. The van der Waals surface area contributed by atoms with Crippen molar-refractivity contribution < 1.29 is 22.7 Å². The van der Waals surface area contributed by atoms with Gasteiger partial charge in [-0.05, 0) is 42.2 Å². The van der Waals surface area contributed by atoms with Crippen molar-refractivity contribution in [3.8, 4) is 0 Å². The molecule has 1 aliphatic heterocycles. The van der Waals surface area contributed by atoms with Crippen LogP contribution in [0.5, 0.6) is 0 Å². The summed E-state index contributed by atoms with van der Waals surface area (Å²) in [5.41, 5.74) is 1.46. The molecule has 2 aromatic carbocycles. The second-order valence-electron chi connectivity index (χ2n) is 6.81. The zero-order valence-electron chi connectivity index (χ0n) is 15.8. The Labute approximate surface area is 175 Å². The maximum absolute atomic E-state index is 12.3. The number of nitrogens with one attached hydrogen (secondary N) is 1. The van der Waals surface area contributed by atoms with Gasteiger partial charge in [-0.15, -0.1) is 0 Å². The van der Waals surface area contributed by atoms with E-state index >= 15 is 0 Å². The number of halogens is 1. The molecule has 2 aromatic rings. The first-order valence-electron chi connectivity index (χ1n) is 9.21. The number of primary sulfonamides is 1. The number of amides is 1. The summed E-state index contributed by atoms with van der Waals surface area (Å²) in [7, 11) is -3.99. The van der Waals surface area contributed by atoms with Gasteiger partial charge < -0.3 is 14.8 Å². The molecule has 0 atom stereocenters. The molecule has 0 bridgehead atoms. The van der Waals surface area contributed by atoms with Crippen LogP contribution in [0.2, 0.25) is 5.02 Å². The van der Waals surface area contributed by atoms with Gasteiger partial charge in [-0.2, -0.15) is 0 Å². The Morgan fingerprint density at radius 1 is 1.17 bits per heavy atom. The van der Waals surface area contributed by atoms with Gasteiger partial charge in [-0.3, -0.25) is 4.79 Å². The van der Waals surface area contributed by atoms with Crippen molar-refractivity contribution in [1.29, 1.82) is 0 Å². The summed E-state index contributed by atoms with van der Waals surface area (Å²) in [5, 5.41) is 8.56. The quantitative estimate of drug-likeness (QED) is 0.691. The number of carbonyl (C=O) groups is 1. The summed E-state index contributed by atoms with van der Waals surface area (Å²) in [5.74, 6) is -0.315. The Hall–Kier alpha value is -1.97. The Morgan fingerprint density at radius 3 is 2.59 bits per heavy atom. The number of hydrogen-bond acceptors (Lipinski definition) is 5. The number of carbonyl (C=O) groups excluding carboxylic acids is 1. The van der Waals surface area contributed by atoms with Gasteiger partial charge in [0.25, 0.3) is 0 Å². The molecule has 0 aromatic heterocycles. The molecule has 0 saturated carbocycles. The van der Waals surface area contributed by atoms with E-state index in [0.29, 0.717) is 35.1 Å². The van der Waals surface area contributed by atoms with Crippen LogP contribution in [-0.4, -0.2) is 33.6 Å². The van der Waals surface area contributed by atoms with E-state index in [1.165, 1.54) is 6.07 Å². The third-order valence-corrected chi connectivity index (χ3v) is 5.97. The lowest BCUT2D eigenvalue weighted by atomic mass is 10.1. The lowest BCUT2D eigenvalue weighted by molar-refractivity contribution is -0.115. The van der Waals surface area contributed by atoms with Crippen LogP contribution < -0.4 is 10.5 Å². The molecule has 1 amide bonds. The minimum atomic E-state index is -3.99. The molecule has 0 radical (unpaired) electrons. The highest BCUT2D eigenvalue weighted by Crippen LogP contribution is 2.23. The normalized spacial score (nSPS) is 15.2. The summed E-state index contributed by atoms with van der Waals surface area (Å²) in [6.07, 6.45) is 1.62. The fraction of sp³-hybridized carbons (Fsp3) is 0.350. The van der Waals surface area contributed by atoms with E-state index in [1.807, 2.05) is 0 Å². The second kappa shape index (κ2) is 9.69. The van der Waals surface area contributed by atoms with E-state index in [9.17, 15) is 13.2 Å². The SMILES string of the molecule is NS(=O)(=O)c1cc(NC(=O)Cc2ccccc2Cl)ccc1COC1CCOCC1. The molecule has 156 valence electrons. The fourth-order valence-electron chi connectivity index (χ4n) is 3.09. The molecule has 29 heavy (non-hydrogen) atoms. The van der Waals surface area contributed by atoms with E-state index in [2.05, 4.69) is 5.32 Å². The van der Waals surface area contributed by atoms with Crippen molar-refractivity contribution in [2.75, 3.05) is 18.5 Å². The van der Waals surface area contributed by atoms with E-state index in [0.717, 1.165) is 12.8 Å². The van der Waals surface area contributed by atoms with Gasteiger partial charge in [0.15, 0.2) is 0 Å². The highest BCUT2D eigenvalue weighted by atomic mass is 35.5. The molecule has 1 saturated heterocycles. The minimum Gasteiger partial charge on any atom is -0.381 e. The highest BCUT2D eigenvalue weighted by molar-refractivity contribution is 7.89. The molecule has 7 nitrogen and oxygen atoms in total. The van der Waals surface area contributed by atoms with Gasteiger partial charge in [0.05, 0.1) is 24.0 Å². The van der Waals surface area contributed by atoms with Crippen LogP contribution in [0.4, 0.5) is 5.69 Å². The van der Waals surface area contributed by atoms with Crippen LogP contribution in [0, 0.1) is 0 Å². The average molecular weight is 439 g/mol. The van der Waals surface area contributed by atoms with E-state index < -0.39 is 10.0 Å². The summed E-state index contributed by atoms with van der Waals surface area (Å²) in [4.78, 5) is 12.3. The number of hydrogen-bond donors (Lipinski definition) is 2. The predicted octanol–water partition coefficient (Wildman–Crippen LogP) is 2.86. The van der Waals surface area contributed by atoms with Crippen molar-refractivity contribution in [1.82, 2.24) is 0 Å². The van der Waals surface area contributed by atoms with E-state index in [1.54, 1.807) is 36.4 Å². The number of sulfonamides is 1. The molecule has 3 rings (SSSR count). The van der Waals surface area contributed by atoms with Gasteiger partial charge in [-0.1, -0.05) is 35.9 Å². The standard InChI is InChI=1S/C20H23ClN2O5S/c21-18-4-2-1-3-14(18)11-20(24)23-16-6-5-15(19(12-16)29(22,25)26)13-28-17-7-9-27-10-8-17/h1-6,12,17H,7-11,13H2,(H,23,24)(H2,22,25,26). The summed E-state index contributed by atoms with van der Waals surface area (Å²) < 4.78 is 35.2. The van der Waals surface area contributed by atoms with Crippen LogP contribution >= 0.6 is 11.6 Å². The molecule has 0 aliphatic carbocycles. The van der Waals surface area contributed by atoms with Crippen LogP contribution in [0.25, 0.3) is 0 Å². The number of anilines is 1. The molecular formula is C20H23ClN2O5S. The molecule has 9 heteroatoms. The Bertz CT molecular complexity index is 975. The third-order valence-electron chi connectivity index (χ3n) is 4.61. The van der Waals surface area contributed by atoms with Crippen LogP contribution in [0.15, 0.2) is 47.4 Å². The fourth-order valence-corrected chi connectivity index (χ4v) is 4.07. The first-order valence-corrected chi connectivity index (χ1v) is 11.1. The van der Waals surface area contributed by atoms with Crippen LogP contribution in [0.3, 0.4) is 0 Å². The zero-order chi connectivity index (χ0) is 20.9. The molecule has 1 fully saturated rings. The first kappa shape index (κ1) is 21.7. The molecule has 0 unspecified atom stereocenters. The van der Waals surface area contributed by atoms with Gasteiger partial charge in [-0.25, -0.2) is 13.6 Å². The largest absolute Gasteiger partial charge is 0.381 e. The second-order valence-corrected chi connectivity index (χ2v) is 8.74. The Kier molecular flexibility index (Phi) is 7.26. The van der Waals surface area contributed by atoms with Gasteiger partial charge in [0, 0.05) is 23.9 Å². The lowest BCUT2D eigenvalue weighted by Gasteiger charge is -2.23. The summed E-state index contributed by atoms with van der Waals surface area (Å²) >= 11 is 6.08. The van der Waals surface area contributed by atoms with Gasteiger partial charge in [0.1, 0.15) is 0 Å². The minimum absolute atomic E-state index is 0.0204. The average Bonchev–Trinajstić information content (AvgIpc) is 2.69. The molecular weight excluding hydrogens is 416 g/mol. The Morgan fingerprint density at radius 2 is 1.90 bits per heavy atom. The van der Waals surface area contributed by atoms with Crippen molar-refractivity contribution >= 4 is 33.2 Å². The lowest BCUT2D eigenvalue weighted by Crippen LogP contribution is -2.24. The highest BCUT2D eigenvalue weighted by Gasteiger charge is 2.19. The first-order chi connectivity index (χ1) is 13.8. The maximum atomic E-state index is 12.3. The van der Waals surface area contributed by atoms with Crippen LogP contribution in [-0.2, 0) is 37.3 Å². The maximum Gasteiger partial charge on any atom is 0.238 e. The van der Waals surface area contributed by atoms with Crippen molar-refractivity contribution in [2.24, 2.45) is 5.14 Å². The monoisotopic (exact) mass is 438 g/mol. The van der Waals surface area contributed by atoms with Crippen LogP contribution in [0.1, 0.15) is 24.0 Å². The molecule has 1 heterocycles. The molecule has 1 aliphatic rings. The smallest absolute Gasteiger partial charge is 0.238 e. The van der Waals surface area contributed by atoms with Crippen molar-refractivity contribution in [3.05, 3.63) is 58.6 Å². The number of rotatable bonds is 7. The zero-order valence-corrected chi connectivity index (χ0v) is 17.3. The molecule has 3 N–H and O–H groups in total.